The van der Waals surface area contributed by atoms with Gasteiger partial charge in [-0.2, -0.15) is 0 Å². The summed E-state index contributed by atoms with van der Waals surface area (Å²) in [6.07, 6.45) is 0.885. The number of sulfone groups is 1. The third-order valence-corrected chi connectivity index (χ3v) is 5.71. The lowest BCUT2D eigenvalue weighted by molar-refractivity contribution is -0.118. The molecule has 1 aliphatic heterocycles. The molecule has 25 heavy (non-hydrogen) atoms. The molecule has 138 valence electrons. The first-order valence-corrected chi connectivity index (χ1v) is 10.2. The minimum atomic E-state index is -3.07. The van der Waals surface area contributed by atoms with Crippen LogP contribution in [-0.4, -0.2) is 43.9 Å². The Labute approximate surface area is 148 Å². The lowest BCUT2D eigenvalue weighted by atomic mass is 10.0. The summed E-state index contributed by atoms with van der Waals surface area (Å²) in [6, 6.07) is 7.40. The summed E-state index contributed by atoms with van der Waals surface area (Å²) in [5, 5.41) is 8.10. The Kier molecular flexibility index (Phi) is 6.41. The van der Waals surface area contributed by atoms with Crippen molar-refractivity contribution in [2.45, 2.75) is 38.8 Å². The number of hydrogen-bond acceptors (Lipinski definition) is 4. The zero-order valence-electron chi connectivity index (χ0n) is 14.5. The average Bonchev–Trinajstić information content (AvgIpc) is 2.85. The fourth-order valence-corrected chi connectivity index (χ4v) is 4.42. The molecule has 1 heterocycles. The van der Waals surface area contributed by atoms with Crippen molar-refractivity contribution in [3.05, 3.63) is 30.3 Å². The van der Waals surface area contributed by atoms with Gasteiger partial charge in [0.05, 0.1) is 11.5 Å². The van der Waals surface area contributed by atoms with Crippen LogP contribution in [0.1, 0.15) is 26.7 Å². The summed E-state index contributed by atoms with van der Waals surface area (Å²) in [5.41, 5.74) is 0.658. The topological polar surface area (TPSA) is 104 Å². The number of carbonyl (C=O) groups excluding carboxylic acids is 2. The molecule has 0 radical (unpaired) electrons. The van der Waals surface area contributed by atoms with Crippen LogP contribution in [0.2, 0.25) is 0 Å². The maximum atomic E-state index is 12.5. The van der Waals surface area contributed by atoms with Crippen molar-refractivity contribution in [3.8, 4) is 0 Å². The fourth-order valence-electron chi connectivity index (χ4n) is 2.75. The maximum absolute atomic E-state index is 12.5. The van der Waals surface area contributed by atoms with Gasteiger partial charge in [0.1, 0.15) is 6.04 Å². The van der Waals surface area contributed by atoms with Gasteiger partial charge in [0.2, 0.25) is 5.91 Å². The number of urea groups is 1. The van der Waals surface area contributed by atoms with Gasteiger partial charge in [-0.3, -0.25) is 4.79 Å². The molecule has 2 rings (SSSR count). The third-order valence-electron chi connectivity index (χ3n) is 3.94. The summed E-state index contributed by atoms with van der Waals surface area (Å²) >= 11 is 0. The van der Waals surface area contributed by atoms with Crippen molar-refractivity contribution in [1.29, 1.82) is 0 Å². The highest BCUT2D eigenvalue weighted by molar-refractivity contribution is 7.91. The lowest BCUT2D eigenvalue weighted by Crippen LogP contribution is -2.51. The first kappa shape index (κ1) is 19.2. The quantitative estimate of drug-likeness (QED) is 0.709. The molecule has 2 atom stereocenters. The van der Waals surface area contributed by atoms with Crippen LogP contribution in [-0.2, 0) is 14.6 Å². The van der Waals surface area contributed by atoms with Gasteiger partial charge >= 0.3 is 6.03 Å². The van der Waals surface area contributed by atoms with E-state index in [0.29, 0.717) is 18.5 Å². The lowest BCUT2D eigenvalue weighted by Gasteiger charge is -2.21. The van der Waals surface area contributed by atoms with Crippen molar-refractivity contribution in [1.82, 2.24) is 10.6 Å². The number of anilines is 1. The molecule has 0 spiro atoms. The van der Waals surface area contributed by atoms with E-state index in [1.54, 1.807) is 12.1 Å². The molecule has 0 saturated carbocycles. The third kappa shape index (κ3) is 6.38. The second kappa shape index (κ2) is 8.33. The summed E-state index contributed by atoms with van der Waals surface area (Å²) in [5.74, 6) is -0.0550. The van der Waals surface area contributed by atoms with Gasteiger partial charge in [0.15, 0.2) is 9.84 Å². The van der Waals surface area contributed by atoms with Crippen molar-refractivity contribution < 1.29 is 18.0 Å². The van der Waals surface area contributed by atoms with Gasteiger partial charge in [-0.15, -0.1) is 0 Å². The molecule has 1 aromatic carbocycles. The Balaban J connectivity index is 1.94. The van der Waals surface area contributed by atoms with E-state index in [1.807, 2.05) is 32.0 Å². The van der Waals surface area contributed by atoms with E-state index >= 15 is 0 Å². The van der Waals surface area contributed by atoms with Crippen molar-refractivity contribution >= 4 is 27.5 Å². The molecule has 0 bridgehead atoms. The van der Waals surface area contributed by atoms with E-state index in [9.17, 15) is 18.0 Å². The summed E-state index contributed by atoms with van der Waals surface area (Å²) < 4.78 is 22.9. The molecule has 3 amide bonds. The summed E-state index contributed by atoms with van der Waals surface area (Å²) in [7, 11) is -3.07. The standard InChI is InChI=1S/C17H25N3O4S/c1-12(2)10-15(16(21)18-13-6-4-3-5-7-13)20-17(22)19-14-8-9-25(23,24)11-14/h3-7,12,14-15H,8-11H2,1-2H3,(H,18,21)(H2,19,20,22). The number of carbonyl (C=O) groups is 2. The predicted octanol–water partition coefficient (Wildman–Crippen LogP) is 1.53. The van der Waals surface area contributed by atoms with E-state index in [-0.39, 0.29) is 23.3 Å². The van der Waals surface area contributed by atoms with Gasteiger partial charge in [-0.05, 0) is 30.9 Å². The highest BCUT2D eigenvalue weighted by atomic mass is 32.2. The molecular formula is C17H25N3O4S. The largest absolute Gasteiger partial charge is 0.334 e. The van der Waals surface area contributed by atoms with Crippen molar-refractivity contribution in [2.24, 2.45) is 5.92 Å². The zero-order chi connectivity index (χ0) is 18.4. The molecular weight excluding hydrogens is 342 g/mol. The van der Waals surface area contributed by atoms with Crippen LogP contribution in [0.4, 0.5) is 10.5 Å². The number of rotatable bonds is 6. The Morgan fingerprint density at radius 2 is 1.88 bits per heavy atom. The van der Waals surface area contributed by atoms with Crippen LogP contribution < -0.4 is 16.0 Å². The molecule has 3 N–H and O–H groups in total. The second-order valence-electron chi connectivity index (χ2n) is 6.76. The zero-order valence-corrected chi connectivity index (χ0v) is 15.3. The average molecular weight is 367 g/mol. The van der Waals surface area contributed by atoms with Crippen LogP contribution in [0.25, 0.3) is 0 Å². The Morgan fingerprint density at radius 1 is 1.20 bits per heavy atom. The van der Waals surface area contributed by atoms with E-state index < -0.39 is 28.0 Å². The van der Waals surface area contributed by atoms with Crippen LogP contribution in [0.15, 0.2) is 30.3 Å². The minimum absolute atomic E-state index is 0.0501. The SMILES string of the molecule is CC(C)CC(NC(=O)NC1CCS(=O)(=O)C1)C(=O)Nc1ccccc1. The molecule has 7 nitrogen and oxygen atoms in total. The van der Waals surface area contributed by atoms with Crippen LogP contribution in [0, 0.1) is 5.92 Å². The van der Waals surface area contributed by atoms with Crippen LogP contribution in [0.3, 0.4) is 0 Å². The molecule has 2 unspecified atom stereocenters. The van der Waals surface area contributed by atoms with E-state index in [4.69, 9.17) is 0 Å². The molecule has 1 saturated heterocycles. The number of para-hydroxylation sites is 1. The molecule has 0 aliphatic carbocycles. The highest BCUT2D eigenvalue weighted by Crippen LogP contribution is 2.12. The van der Waals surface area contributed by atoms with E-state index in [0.717, 1.165) is 0 Å². The maximum Gasteiger partial charge on any atom is 0.315 e. The van der Waals surface area contributed by atoms with Gasteiger partial charge in [0.25, 0.3) is 0 Å². The molecule has 0 aromatic heterocycles. The molecule has 1 fully saturated rings. The smallest absolute Gasteiger partial charge is 0.315 e. The van der Waals surface area contributed by atoms with Crippen LogP contribution in [0.5, 0.6) is 0 Å². The van der Waals surface area contributed by atoms with Crippen molar-refractivity contribution in [2.75, 3.05) is 16.8 Å². The van der Waals surface area contributed by atoms with Crippen LogP contribution >= 0.6 is 0 Å². The van der Waals surface area contributed by atoms with E-state index in [2.05, 4.69) is 16.0 Å². The molecule has 8 heteroatoms. The number of nitrogens with one attached hydrogen (secondary N) is 3. The Morgan fingerprint density at radius 3 is 2.44 bits per heavy atom. The highest BCUT2D eigenvalue weighted by Gasteiger charge is 2.30. The summed E-state index contributed by atoms with van der Waals surface area (Å²) in [6.45, 7) is 3.93. The number of hydrogen-bond donors (Lipinski definition) is 3. The Bertz CT molecular complexity index is 704. The van der Waals surface area contributed by atoms with Gasteiger partial charge in [-0.25, -0.2) is 13.2 Å². The van der Waals surface area contributed by atoms with Gasteiger partial charge in [0, 0.05) is 11.7 Å². The molecule has 1 aromatic rings. The van der Waals surface area contributed by atoms with Gasteiger partial charge in [-0.1, -0.05) is 32.0 Å². The summed E-state index contributed by atoms with van der Waals surface area (Å²) in [4.78, 5) is 24.6. The monoisotopic (exact) mass is 367 g/mol. The van der Waals surface area contributed by atoms with E-state index in [1.165, 1.54) is 0 Å². The predicted molar refractivity (Wildman–Crippen MR) is 97.0 cm³/mol. The first-order valence-electron chi connectivity index (χ1n) is 8.38. The molecule has 1 aliphatic rings. The number of benzene rings is 1. The van der Waals surface area contributed by atoms with Crippen molar-refractivity contribution in [3.63, 3.8) is 0 Å². The normalized spacial score (nSPS) is 20.0. The second-order valence-corrected chi connectivity index (χ2v) is 8.98. The van der Waals surface area contributed by atoms with Gasteiger partial charge < -0.3 is 16.0 Å². The Hall–Kier alpha value is -2.09. The fraction of sp³-hybridized carbons (Fsp3) is 0.529. The minimum Gasteiger partial charge on any atom is -0.334 e. The number of amides is 3. The first-order chi connectivity index (χ1) is 11.7.